The van der Waals surface area contributed by atoms with Gasteiger partial charge >= 0.3 is 5.97 Å². The van der Waals surface area contributed by atoms with Crippen LogP contribution in [0, 0.1) is 5.82 Å². The van der Waals surface area contributed by atoms with E-state index in [0.717, 1.165) is 15.4 Å². The Morgan fingerprint density at radius 3 is 2.90 bits per heavy atom. The molecule has 0 saturated heterocycles. The molecule has 2 rings (SSSR count). The molecule has 0 unspecified atom stereocenters. The summed E-state index contributed by atoms with van der Waals surface area (Å²) < 4.78 is 19.4. The van der Waals surface area contributed by atoms with E-state index in [1.165, 1.54) is 13.2 Å². The van der Waals surface area contributed by atoms with Crippen LogP contribution >= 0.6 is 27.3 Å². The zero-order valence-corrected chi connectivity index (χ0v) is 13.0. The molecule has 106 valence electrons. The molecule has 0 aliphatic heterocycles. The van der Waals surface area contributed by atoms with Crippen LogP contribution in [-0.4, -0.2) is 13.1 Å². The van der Waals surface area contributed by atoms with Crippen molar-refractivity contribution < 1.29 is 13.9 Å². The first-order valence-electron chi connectivity index (χ1n) is 5.66. The number of hydrogen-bond acceptors (Lipinski definition) is 5. The Labute approximate surface area is 127 Å². The summed E-state index contributed by atoms with van der Waals surface area (Å²) in [6.45, 7) is 0.444. The first kappa shape index (κ1) is 14.8. The number of nitrogen functional groups attached to an aromatic ring is 1. The van der Waals surface area contributed by atoms with Gasteiger partial charge in [-0.1, -0.05) is 0 Å². The quantitative estimate of drug-likeness (QED) is 0.646. The van der Waals surface area contributed by atoms with Crippen LogP contribution in [0.4, 0.5) is 15.8 Å². The van der Waals surface area contributed by atoms with Gasteiger partial charge in [-0.05, 0) is 39.5 Å². The van der Waals surface area contributed by atoms with Gasteiger partial charge in [-0.3, -0.25) is 0 Å². The molecule has 1 heterocycles. The third-order valence-electron chi connectivity index (χ3n) is 2.67. The lowest BCUT2D eigenvalue weighted by Gasteiger charge is -2.10. The van der Waals surface area contributed by atoms with Gasteiger partial charge in [0.05, 0.1) is 24.9 Å². The molecule has 0 spiro atoms. The van der Waals surface area contributed by atoms with Gasteiger partial charge in [0.1, 0.15) is 5.82 Å². The Morgan fingerprint density at radius 1 is 1.55 bits per heavy atom. The highest BCUT2D eigenvalue weighted by Gasteiger charge is 2.14. The van der Waals surface area contributed by atoms with Crippen molar-refractivity contribution in [1.29, 1.82) is 0 Å². The number of ether oxygens (including phenoxy) is 1. The van der Waals surface area contributed by atoms with E-state index in [-0.39, 0.29) is 16.9 Å². The lowest BCUT2D eigenvalue weighted by Crippen LogP contribution is -2.09. The Hall–Kier alpha value is -1.60. The van der Waals surface area contributed by atoms with Crippen LogP contribution in [0.5, 0.6) is 0 Å². The summed E-state index contributed by atoms with van der Waals surface area (Å²) in [5.74, 6) is -1.11. The molecule has 2 aromatic rings. The highest BCUT2D eigenvalue weighted by atomic mass is 79.9. The Morgan fingerprint density at radius 2 is 2.30 bits per heavy atom. The van der Waals surface area contributed by atoms with Crippen molar-refractivity contribution in [2.24, 2.45) is 0 Å². The summed E-state index contributed by atoms with van der Waals surface area (Å²) in [5.41, 5.74) is 6.01. The van der Waals surface area contributed by atoms with Crippen molar-refractivity contribution in [3.63, 3.8) is 0 Å². The summed E-state index contributed by atoms with van der Waals surface area (Å²) in [5, 5.41) is 4.88. The van der Waals surface area contributed by atoms with Crippen molar-refractivity contribution in [3.8, 4) is 0 Å². The van der Waals surface area contributed by atoms with Gasteiger partial charge in [0.15, 0.2) is 0 Å². The predicted octanol–water partition coefficient (Wildman–Crippen LogP) is 3.63. The standard InChI is InChI=1S/C13H12BrFN2O2S/c1-19-13(18)7-4-11(9(15)5-10(7)16)17-6-12-8(14)2-3-20-12/h2-5,17H,6,16H2,1H3. The number of halogens is 2. The van der Waals surface area contributed by atoms with E-state index < -0.39 is 11.8 Å². The number of thiophene rings is 1. The third-order valence-corrected chi connectivity index (χ3v) is 4.60. The largest absolute Gasteiger partial charge is 0.465 e. The van der Waals surface area contributed by atoms with E-state index >= 15 is 0 Å². The fraction of sp³-hybridized carbons (Fsp3) is 0.154. The Balaban J connectivity index is 2.23. The molecule has 0 radical (unpaired) electrons. The highest BCUT2D eigenvalue weighted by molar-refractivity contribution is 9.10. The van der Waals surface area contributed by atoms with E-state index in [4.69, 9.17) is 5.73 Å². The third kappa shape index (κ3) is 3.10. The van der Waals surface area contributed by atoms with E-state index in [1.807, 2.05) is 11.4 Å². The van der Waals surface area contributed by atoms with Crippen LogP contribution in [0.1, 0.15) is 15.2 Å². The fourth-order valence-corrected chi connectivity index (χ4v) is 3.07. The van der Waals surface area contributed by atoms with Crippen LogP contribution in [0.25, 0.3) is 0 Å². The van der Waals surface area contributed by atoms with Crippen molar-refractivity contribution >= 4 is 44.6 Å². The minimum Gasteiger partial charge on any atom is -0.465 e. The zero-order chi connectivity index (χ0) is 14.7. The van der Waals surface area contributed by atoms with Crippen molar-refractivity contribution in [2.75, 3.05) is 18.2 Å². The van der Waals surface area contributed by atoms with Crippen LogP contribution in [0.15, 0.2) is 28.1 Å². The predicted molar refractivity (Wildman–Crippen MR) is 81.5 cm³/mol. The first-order chi connectivity index (χ1) is 9.52. The van der Waals surface area contributed by atoms with Gasteiger partial charge in [-0.25, -0.2) is 9.18 Å². The molecule has 0 atom stereocenters. The maximum atomic E-state index is 13.8. The van der Waals surface area contributed by atoms with E-state index in [9.17, 15) is 9.18 Å². The summed E-state index contributed by atoms with van der Waals surface area (Å²) in [7, 11) is 1.25. The molecule has 4 nitrogen and oxygen atoms in total. The molecule has 20 heavy (non-hydrogen) atoms. The summed E-state index contributed by atoms with van der Waals surface area (Å²) in [6.07, 6.45) is 0. The number of benzene rings is 1. The van der Waals surface area contributed by atoms with E-state index in [2.05, 4.69) is 26.0 Å². The molecular formula is C13H12BrFN2O2S. The maximum absolute atomic E-state index is 13.8. The van der Waals surface area contributed by atoms with Crippen molar-refractivity contribution in [1.82, 2.24) is 0 Å². The zero-order valence-electron chi connectivity index (χ0n) is 10.6. The second-order valence-electron chi connectivity index (χ2n) is 3.96. The monoisotopic (exact) mass is 358 g/mol. The number of carbonyl (C=O) groups is 1. The molecule has 0 saturated carbocycles. The van der Waals surface area contributed by atoms with Crippen LogP contribution in [-0.2, 0) is 11.3 Å². The molecule has 1 aromatic carbocycles. The Kier molecular flexibility index (Phi) is 4.61. The van der Waals surface area contributed by atoms with Gasteiger partial charge in [0, 0.05) is 15.0 Å². The topological polar surface area (TPSA) is 64.3 Å². The summed E-state index contributed by atoms with van der Waals surface area (Å²) in [4.78, 5) is 12.6. The average Bonchev–Trinajstić information content (AvgIpc) is 2.82. The van der Waals surface area contributed by atoms with Gasteiger partial charge in [0.25, 0.3) is 0 Å². The molecule has 0 aliphatic rings. The van der Waals surface area contributed by atoms with Crippen molar-refractivity contribution in [3.05, 3.63) is 44.3 Å². The van der Waals surface area contributed by atoms with E-state index in [0.29, 0.717) is 6.54 Å². The number of nitrogens with one attached hydrogen (secondary N) is 1. The van der Waals surface area contributed by atoms with Gasteiger partial charge in [-0.2, -0.15) is 0 Å². The molecule has 0 aliphatic carbocycles. The first-order valence-corrected chi connectivity index (χ1v) is 7.33. The highest BCUT2D eigenvalue weighted by Crippen LogP contribution is 2.26. The second kappa shape index (κ2) is 6.23. The van der Waals surface area contributed by atoms with Gasteiger partial charge in [0.2, 0.25) is 0 Å². The average molecular weight is 359 g/mol. The number of methoxy groups -OCH3 is 1. The number of rotatable bonds is 4. The lowest BCUT2D eigenvalue weighted by molar-refractivity contribution is 0.0602. The van der Waals surface area contributed by atoms with Crippen molar-refractivity contribution in [2.45, 2.75) is 6.54 Å². The smallest absolute Gasteiger partial charge is 0.340 e. The van der Waals surface area contributed by atoms with Crippen LogP contribution in [0.3, 0.4) is 0 Å². The van der Waals surface area contributed by atoms with E-state index in [1.54, 1.807) is 11.3 Å². The number of esters is 1. The lowest BCUT2D eigenvalue weighted by atomic mass is 10.1. The minimum atomic E-state index is -0.595. The molecular weight excluding hydrogens is 347 g/mol. The summed E-state index contributed by atoms with van der Waals surface area (Å²) >= 11 is 4.95. The van der Waals surface area contributed by atoms with Gasteiger partial charge < -0.3 is 15.8 Å². The Bertz CT molecular complexity index is 645. The van der Waals surface area contributed by atoms with Gasteiger partial charge in [-0.15, -0.1) is 11.3 Å². The molecule has 7 heteroatoms. The second-order valence-corrected chi connectivity index (χ2v) is 5.81. The molecule has 1 aromatic heterocycles. The molecule has 0 fully saturated rings. The minimum absolute atomic E-state index is 0.0530. The number of anilines is 2. The number of carbonyl (C=O) groups excluding carboxylic acids is 1. The molecule has 3 N–H and O–H groups in total. The van der Waals surface area contributed by atoms with Crippen LogP contribution in [0.2, 0.25) is 0 Å². The number of nitrogens with two attached hydrogens (primary N) is 1. The van der Waals surface area contributed by atoms with Crippen LogP contribution < -0.4 is 11.1 Å². The molecule has 0 bridgehead atoms. The molecule has 0 amide bonds. The summed E-state index contributed by atoms with van der Waals surface area (Å²) in [6, 6.07) is 4.39. The fourth-order valence-electron chi connectivity index (χ4n) is 1.64. The SMILES string of the molecule is COC(=O)c1cc(NCc2sccc2Br)c(F)cc1N. The number of hydrogen-bond donors (Lipinski definition) is 2. The normalized spacial score (nSPS) is 10.3. The maximum Gasteiger partial charge on any atom is 0.340 e.